The van der Waals surface area contributed by atoms with Crippen LogP contribution in [0.15, 0.2) is 21.6 Å². The van der Waals surface area contributed by atoms with Crippen molar-refractivity contribution in [2.24, 2.45) is 5.92 Å². The van der Waals surface area contributed by atoms with Crippen LogP contribution in [0.3, 0.4) is 0 Å². The number of carbonyl (C=O) groups excluding carboxylic acids is 2. The van der Waals surface area contributed by atoms with Gasteiger partial charge in [-0.1, -0.05) is 19.6 Å². The summed E-state index contributed by atoms with van der Waals surface area (Å²) in [6, 6.07) is 6.30. The number of nitrogens with zero attached hydrogens (tertiary/aromatic N) is 4. The van der Waals surface area contributed by atoms with E-state index in [1.807, 2.05) is 51.0 Å². The lowest BCUT2D eigenvalue weighted by atomic mass is 9.79. The maximum atomic E-state index is 16.0. The number of nitrogens with one attached hydrogen (secondary N) is 1. The van der Waals surface area contributed by atoms with Crippen molar-refractivity contribution in [1.82, 2.24) is 19.8 Å². The summed E-state index contributed by atoms with van der Waals surface area (Å²) in [4.78, 5) is 32.8. The summed E-state index contributed by atoms with van der Waals surface area (Å²) in [6.45, 7) is 15.1. The van der Waals surface area contributed by atoms with Gasteiger partial charge in [0.25, 0.3) is 0 Å². The third kappa shape index (κ3) is 6.76. The number of aryl methyl sites for hydroxylation is 1. The number of hydrogen-bond donors (Lipinski definition) is 1. The molecule has 1 aliphatic carbocycles. The highest BCUT2D eigenvalue weighted by Crippen LogP contribution is 2.53. The summed E-state index contributed by atoms with van der Waals surface area (Å²) in [5.74, 6) is -0.317. The molecule has 13 heteroatoms. The fraction of sp³-hybridized carbons (Fsp3) is 0.576. The number of aromatic nitrogens is 2. The molecule has 2 saturated heterocycles. The Morgan fingerprint density at radius 1 is 1.28 bits per heavy atom. The van der Waals surface area contributed by atoms with Gasteiger partial charge in [0.2, 0.25) is 0 Å². The summed E-state index contributed by atoms with van der Waals surface area (Å²) in [5, 5.41) is 14.4. The molecule has 2 amide bonds. The van der Waals surface area contributed by atoms with Crippen molar-refractivity contribution in [2.45, 2.75) is 101 Å². The predicted molar refractivity (Wildman–Crippen MR) is 186 cm³/mol. The van der Waals surface area contributed by atoms with Crippen molar-refractivity contribution in [1.29, 1.82) is 5.26 Å². The molecule has 3 aromatic rings. The van der Waals surface area contributed by atoms with Crippen LogP contribution in [-0.4, -0.2) is 65.8 Å². The van der Waals surface area contributed by atoms with Crippen molar-refractivity contribution >= 4 is 69.8 Å². The molecule has 1 aromatic carbocycles. The Bertz CT molecular complexity index is 1730. The van der Waals surface area contributed by atoms with E-state index in [2.05, 4.69) is 51.5 Å². The first-order valence-corrected chi connectivity index (χ1v) is 21.5. The first-order chi connectivity index (χ1) is 21.5. The van der Waals surface area contributed by atoms with Gasteiger partial charge in [-0.15, -0.1) is 11.8 Å². The van der Waals surface area contributed by atoms with Crippen LogP contribution in [0.2, 0.25) is 25.7 Å². The minimum Gasteiger partial charge on any atom is -0.450 e. The second kappa shape index (κ2) is 13.0. The number of amides is 2. The average molecular weight is 733 g/mol. The number of benzene rings is 1. The maximum Gasteiger partial charge on any atom is 0.410 e. The Labute approximate surface area is 283 Å². The van der Waals surface area contributed by atoms with Gasteiger partial charge in [-0.2, -0.15) is 5.26 Å². The van der Waals surface area contributed by atoms with Gasteiger partial charge in [0, 0.05) is 43.4 Å². The second-order valence-corrected chi connectivity index (χ2v) is 21.7. The molecule has 2 aromatic heterocycles. The molecule has 46 heavy (non-hydrogen) atoms. The molecule has 2 bridgehead atoms. The first-order valence-electron chi connectivity index (χ1n) is 15.7. The zero-order valence-electron chi connectivity index (χ0n) is 27.8. The van der Waals surface area contributed by atoms with E-state index in [-0.39, 0.29) is 36.0 Å². The Kier molecular flexibility index (Phi) is 9.75. The largest absolute Gasteiger partial charge is 0.450 e. The molecule has 0 radical (unpaired) electrons. The van der Waals surface area contributed by atoms with Crippen molar-refractivity contribution < 1.29 is 23.5 Å². The van der Waals surface area contributed by atoms with Crippen molar-refractivity contribution in [2.75, 3.05) is 19.4 Å². The molecule has 4 atom stereocenters. The van der Waals surface area contributed by atoms with E-state index < -0.39 is 31.6 Å². The lowest BCUT2D eigenvalue weighted by Gasteiger charge is -2.40. The SMILES string of the molecule is CSc1nc2c(F)c(Br)c(CCC#N)cc2c2c1cc([C@@H](C)NC(=O)OCC[Si](C)(C)C)n2[C@H]1[C@@H]2C[C@H]1N(C(=O)OC(C)(C)C)C2. The Morgan fingerprint density at radius 3 is 2.63 bits per heavy atom. The van der Waals surface area contributed by atoms with Crippen LogP contribution in [0.4, 0.5) is 14.0 Å². The summed E-state index contributed by atoms with van der Waals surface area (Å²) in [5.41, 5.74) is 1.93. The lowest BCUT2D eigenvalue weighted by Crippen LogP contribution is -2.45. The van der Waals surface area contributed by atoms with Crippen LogP contribution in [0.1, 0.15) is 63.9 Å². The zero-order chi connectivity index (χ0) is 33.7. The minimum atomic E-state index is -1.38. The van der Waals surface area contributed by atoms with Crippen molar-refractivity contribution in [3.63, 3.8) is 0 Å². The number of rotatable bonds is 9. The second-order valence-electron chi connectivity index (χ2n) is 14.5. The summed E-state index contributed by atoms with van der Waals surface area (Å²) in [7, 11) is -1.38. The minimum absolute atomic E-state index is 0.109. The number of ether oxygens (including phenoxy) is 2. The van der Waals surface area contributed by atoms with E-state index in [9.17, 15) is 14.9 Å². The van der Waals surface area contributed by atoms with E-state index in [1.54, 1.807) is 0 Å². The summed E-state index contributed by atoms with van der Waals surface area (Å²) in [6.07, 6.45) is 2.53. The van der Waals surface area contributed by atoms with E-state index in [1.165, 1.54) is 11.8 Å². The molecule has 248 valence electrons. The van der Waals surface area contributed by atoms with Gasteiger partial charge < -0.3 is 24.3 Å². The number of thioether (sulfide) groups is 1. The zero-order valence-corrected chi connectivity index (χ0v) is 31.2. The van der Waals surface area contributed by atoms with Crippen molar-refractivity contribution in [3.8, 4) is 6.07 Å². The van der Waals surface area contributed by atoms with Crippen LogP contribution in [0, 0.1) is 23.1 Å². The van der Waals surface area contributed by atoms with Crippen molar-refractivity contribution in [3.05, 3.63) is 33.7 Å². The Hall–Kier alpha value is -2.82. The molecule has 9 nitrogen and oxygen atoms in total. The molecular formula is C33H43BrFN5O4SSi. The number of nitriles is 1. The molecule has 6 rings (SSSR count). The van der Waals surface area contributed by atoms with Crippen LogP contribution >= 0.6 is 27.7 Å². The molecule has 4 heterocycles. The molecule has 3 fully saturated rings. The molecular weight excluding hydrogens is 689 g/mol. The molecule has 0 unspecified atom stereocenters. The summed E-state index contributed by atoms with van der Waals surface area (Å²) < 4.78 is 29.9. The van der Waals surface area contributed by atoms with Crippen LogP contribution in [0.5, 0.6) is 0 Å². The van der Waals surface area contributed by atoms with Gasteiger partial charge >= 0.3 is 12.2 Å². The van der Waals surface area contributed by atoms with Gasteiger partial charge in [0.15, 0.2) is 5.82 Å². The highest BCUT2D eigenvalue weighted by atomic mass is 79.9. The molecule has 3 aliphatic rings. The van der Waals surface area contributed by atoms with Gasteiger partial charge in [0.1, 0.15) is 16.1 Å². The molecule has 0 spiro atoms. The van der Waals surface area contributed by atoms with Crippen LogP contribution in [-0.2, 0) is 15.9 Å². The Morgan fingerprint density at radius 2 is 2.00 bits per heavy atom. The highest BCUT2D eigenvalue weighted by molar-refractivity contribution is 9.10. The van der Waals surface area contributed by atoms with E-state index in [0.717, 1.165) is 29.1 Å². The lowest BCUT2D eigenvalue weighted by molar-refractivity contribution is 0.0209. The van der Waals surface area contributed by atoms with Crippen LogP contribution < -0.4 is 5.32 Å². The predicted octanol–water partition coefficient (Wildman–Crippen LogP) is 8.57. The molecule has 1 N–H and O–H groups in total. The third-order valence-corrected chi connectivity index (χ3v) is 12.0. The third-order valence-electron chi connectivity index (χ3n) is 8.76. The fourth-order valence-corrected chi connectivity index (χ4v) is 8.30. The molecule has 1 saturated carbocycles. The normalized spacial score (nSPS) is 20.0. The smallest absolute Gasteiger partial charge is 0.410 e. The fourth-order valence-electron chi connectivity index (χ4n) is 6.53. The standard InChI is InChI=1S/C33H43BrFN5O4SSi/c1-18(37-31(41)43-12-13-46(6,7)8)23-16-22-29(40(23)28-20-15-24(28)39(17-20)32(42)44-33(2,3)4)21-14-19(10-9-11-36)25(34)26(35)27(21)38-30(22)45-5/h14,16,18,20,24,28H,9-10,12-13,15,17H2,1-8H3,(H,37,41)/t18-,20-,24-,28+/m1/s1. The number of alkyl carbamates (subject to hydrolysis) is 1. The van der Waals surface area contributed by atoms with Gasteiger partial charge in [0.05, 0.1) is 40.8 Å². The number of fused-ring (bicyclic) bond motifs is 4. The Balaban J connectivity index is 1.65. The topological polar surface area (TPSA) is 109 Å². The number of pyridine rings is 1. The number of hydrogen-bond acceptors (Lipinski definition) is 7. The number of halogens is 2. The molecule has 2 aliphatic heterocycles. The average Bonchev–Trinajstić information content (AvgIpc) is 3.65. The van der Waals surface area contributed by atoms with E-state index in [4.69, 9.17) is 14.5 Å². The van der Waals surface area contributed by atoms with E-state index >= 15 is 4.39 Å². The van der Waals surface area contributed by atoms with Gasteiger partial charge in [-0.3, -0.25) is 0 Å². The highest BCUT2D eigenvalue weighted by Gasteiger charge is 2.56. The quantitative estimate of drug-likeness (QED) is 0.173. The van der Waals surface area contributed by atoms with E-state index in [0.29, 0.717) is 40.0 Å². The first kappa shape index (κ1) is 34.5. The van der Waals surface area contributed by atoms with Gasteiger partial charge in [-0.05, 0) is 86.5 Å². The van der Waals surface area contributed by atoms with Gasteiger partial charge in [-0.25, -0.2) is 19.0 Å². The summed E-state index contributed by atoms with van der Waals surface area (Å²) >= 11 is 4.86. The van der Waals surface area contributed by atoms with Crippen LogP contribution in [0.25, 0.3) is 21.8 Å². The maximum absolute atomic E-state index is 16.0. The number of carbonyl (C=O) groups is 2. The monoisotopic (exact) mass is 731 g/mol.